The lowest BCUT2D eigenvalue weighted by molar-refractivity contribution is 0.111. The molecule has 1 N–H and O–H groups in total. The van der Waals surface area contributed by atoms with E-state index >= 15 is 0 Å². The molecule has 0 aromatic carbocycles. The molecule has 0 radical (unpaired) electrons. The number of H-pyrrole nitrogens is 1. The van der Waals surface area contributed by atoms with Gasteiger partial charge in [-0.1, -0.05) is 0 Å². The van der Waals surface area contributed by atoms with Gasteiger partial charge in [0.1, 0.15) is 5.69 Å². The third-order valence-corrected chi connectivity index (χ3v) is 1.16. The highest BCUT2D eigenvalue weighted by Gasteiger charge is 1.96. The molecule has 1 heterocycles. The summed E-state index contributed by atoms with van der Waals surface area (Å²) in [6.07, 6.45) is 1.99. The molecule has 48 valence electrons. The van der Waals surface area contributed by atoms with Crippen molar-refractivity contribution in [2.45, 2.75) is 0 Å². The van der Waals surface area contributed by atoms with Gasteiger partial charge in [0.15, 0.2) is 6.29 Å². The summed E-state index contributed by atoms with van der Waals surface area (Å²) in [7, 11) is 1.53. The van der Waals surface area contributed by atoms with Gasteiger partial charge in [-0.2, -0.15) is 0 Å². The summed E-state index contributed by atoms with van der Waals surface area (Å²) in [6.45, 7) is 0. The van der Waals surface area contributed by atoms with Crippen LogP contribution in [0.2, 0.25) is 0 Å². The summed E-state index contributed by atoms with van der Waals surface area (Å²) >= 11 is 0. The van der Waals surface area contributed by atoms with Gasteiger partial charge < -0.3 is 4.98 Å². The number of imidazole rings is 1. The Kier molecular flexibility index (Phi) is 1.22. The van der Waals surface area contributed by atoms with Crippen LogP contribution in [0.25, 0.3) is 0 Å². The number of aromatic amines is 1. The quantitative estimate of drug-likeness (QED) is 0.517. The molecule has 1 rings (SSSR count). The van der Waals surface area contributed by atoms with Gasteiger partial charge >= 0.3 is 5.69 Å². The number of rotatable bonds is 1. The Hall–Kier alpha value is -1.32. The summed E-state index contributed by atoms with van der Waals surface area (Å²) in [5, 5.41) is 0. The molecule has 1 aromatic rings. The highest BCUT2D eigenvalue weighted by atomic mass is 16.1. The smallest absolute Gasteiger partial charge is 0.312 e. The maximum atomic E-state index is 10.5. The molecule has 0 spiro atoms. The normalized spacial score (nSPS) is 9.44. The predicted molar refractivity (Wildman–Crippen MR) is 31.4 cm³/mol. The summed E-state index contributed by atoms with van der Waals surface area (Å²) in [5.74, 6) is 0. The minimum Gasteiger partial charge on any atom is -0.312 e. The second kappa shape index (κ2) is 1.89. The molecule has 0 fully saturated rings. The SMILES string of the molecule is Cn1c(C=O)c[nH]c1=O. The largest absolute Gasteiger partial charge is 0.325 e. The van der Waals surface area contributed by atoms with Crippen molar-refractivity contribution in [3.8, 4) is 0 Å². The number of aromatic nitrogens is 2. The number of hydrogen-bond acceptors (Lipinski definition) is 2. The van der Waals surface area contributed by atoms with Gasteiger partial charge in [0.25, 0.3) is 0 Å². The Morgan fingerprint density at radius 3 is 2.67 bits per heavy atom. The van der Waals surface area contributed by atoms with Crippen molar-refractivity contribution in [3.05, 3.63) is 22.4 Å². The van der Waals surface area contributed by atoms with E-state index in [1.54, 1.807) is 0 Å². The van der Waals surface area contributed by atoms with E-state index < -0.39 is 0 Å². The number of nitrogens with zero attached hydrogens (tertiary/aromatic N) is 1. The topological polar surface area (TPSA) is 54.9 Å². The van der Waals surface area contributed by atoms with Crippen LogP contribution in [0, 0.1) is 0 Å². The van der Waals surface area contributed by atoms with E-state index in [-0.39, 0.29) is 5.69 Å². The van der Waals surface area contributed by atoms with Crippen LogP contribution >= 0.6 is 0 Å². The lowest BCUT2D eigenvalue weighted by Crippen LogP contribution is -2.14. The molecule has 9 heavy (non-hydrogen) atoms. The van der Waals surface area contributed by atoms with Crippen molar-refractivity contribution in [3.63, 3.8) is 0 Å². The third-order valence-electron chi connectivity index (χ3n) is 1.16. The van der Waals surface area contributed by atoms with Gasteiger partial charge in [0, 0.05) is 13.2 Å². The Labute approximate surface area is 51.1 Å². The van der Waals surface area contributed by atoms with Crippen molar-refractivity contribution in [1.82, 2.24) is 9.55 Å². The Balaban J connectivity index is 3.35. The van der Waals surface area contributed by atoms with E-state index in [0.717, 1.165) is 0 Å². The molecular weight excluding hydrogens is 120 g/mol. The number of aldehydes is 1. The van der Waals surface area contributed by atoms with Gasteiger partial charge in [-0.25, -0.2) is 4.79 Å². The zero-order valence-corrected chi connectivity index (χ0v) is 4.92. The highest BCUT2D eigenvalue weighted by Crippen LogP contribution is 1.82. The second-order valence-corrected chi connectivity index (χ2v) is 1.70. The summed E-state index contributed by atoms with van der Waals surface area (Å²) < 4.78 is 1.24. The maximum absolute atomic E-state index is 10.5. The summed E-state index contributed by atoms with van der Waals surface area (Å²) in [5.41, 5.74) is 0.0945. The first-order valence-electron chi connectivity index (χ1n) is 2.45. The third kappa shape index (κ3) is 0.782. The Bertz CT molecular complexity index is 271. The van der Waals surface area contributed by atoms with E-state index in [1.165, 1.54) is 17.8 Å². The van der Waals surface area contributed by atoms with Gasteiger partial charge in [-0.3, -0.25) is 9.36 Å². The zero-order chi connectivity index (χ0) is 6.85. The molecule has 0 saturated carbocycles. The maximum Gasteiger partial charge on any atom is 0.325 e. The number of carbonyl (C=O) groups excluding carboxylic acids is 1. The monoisotopic (exact) mass is 126 g/mol. The van der Waals surface area contributed by atoms with Crippen LogP contribution in [0.3, 0.4) is 0 Å². The van der Waals surface area contributed by atoms with Crippen LogP contribution in [-0.2, 0) is 7.05 Å². The van der Waals surface area contributed by atoms with Gasteiger partial charge in [0.05, 0.1) is 0 Å². The van der Waals surface area contributed by atoms with Gasteiger partial charge in [-0.15, -0.1) is 0 Å². The summed E-state index contributed by atoms with van der Waals surface area (Å²) in [4.78, 5) is 23.0. The first kappa shape index (κ1) is 5.81. The molecule has 0 unspecified atom stereocenters. The Morgan fingerprint density at radius 1 is 1.78 bits per heavy atom. The molecule has 0 saturated heterocycles. The molecule has 0 aliphatic carbocycles. The fourth-order valence-electron chi connectivity index (χ4n) is 0.560. The van der Waals surface area contributed by atoms with Crippen molar-refractivity contribution in [2.75, 3.05) is 0 Å². The van der Waals surface area contributed by atoms with Crippen molar-refractivity contribution >= 4 is 6.29 Å². The van der Waals surface area contributed by atoms with Crippen molar-refractivity contribution in [1.29, 1.82) is 0 Å². The van der Waals surface area contributed by atoms with E-state index in [2.05, 4.69) is 4.98 Å². The molecule has 0 amide bonds. The second-order valence-electron chi connectivity index (χ2n) is 1.70. The van der Waals surface area contributed by atoms with Crippen LogP contribution in [-0.4, -0.2) is 15.8 Å². The number of hydrogen-bond donors (Lipinski definition) is 1. The predicted octanol–water partition coefficient (Wildman–Crippen LogP) is -0.474. The fourth-order valence-corrected chi connectivity index (χ4v) is 0.560. The van der Waals surface area contributed by atoms with Gasteiger partial charge in [0.2, 0.25) is 0 Å². The minimum absolute atomic E-state index is 0.267. The molecular formula is C5H6N2O2. The average molecular weight is 126 g/mol. The lowest BCUT2D eigenvalue weighted by Gasteiger charge is -1.85. The zero-order valence-electron chi connectivity index (χ0n) is 4.92. The molecule has 4 heteroatoms. The van der Waals surface area contributed by atoms with Crippen LogP contribution in [0.4, 0.5) is 0 Å². The number of carbonyl (C=O) groups is 1. The molecule has 4 nitrogen and oxygen atoms in total. The van der Waals surface area contributed by atoms with Gasteiger partial charge in [-0.05, 0) is 0 Å². The summed E-state index contributed by atoms with van der Waals surface area (Å²) in [6, 6.07) is 0. The van der Waals surface area contributed by atoms with Crippen LogP contribution in [0.5, 0.6) is 0 Å². The minimum atomic E-state index is -0.267. The van der Waals surface area contributed by atoms with E-state index in [9.17, 15) is 9.59 Å². The standard InChI is InChI=1S/C5H6N2O2/c1-7-4(3-8)2-6-5(7)9/h2-3H,1H3,(H,6,9). The van der Waals surface area contributed by atoms with Crippen LogP contribution < -0.4 is 5.69 Å². The average Bonchev–Trinajstić information content (AvgIpc) is 2.15. The highest BCUT2D eigenvalue weighted by molar-refractivity contribution is 5.71. The molecule has 0 aliphatic rings. The molecule has 0 bridgehead atoms. The van der Waals surface area contributed by atoms with Crippen LogP contribution in [0.15, 0.2) is 11.0 Å². The molecule has 0 atom stereocenters. The van der Waals surface area contributed by atoms with Crippen molar-refractivity contribution < 1.29 is 4.79 Å². The lowest BCUT2D eigenvalue weighted by atomic mass is 10.5. The molecule has 1 aromatic heterocycles. The van der Waals surface area contributed by atoms with Crippen LogP contribution in [0.1, 0.15) is 10.5 Å². The first-order valence-corrected chi connectivity index (χ1v) is 2.45. The van der Waals surface area contributed by atoms with E-state index in [0.29, 0.717) is 12.0 Å². The fraction of sp³-hybridized carbons (Fsp3) is 0.200. The first-order chi connectivity index (χ1) is 4.25. The van der Waals surface area contributed by atoms with Crippen molar-refractivity contribution in [2.24, 2.45) is 7.05 Å². The van der Waals surface area contributed by atoms with E-state index in [1.807, 2.05) is 0 Å². The number of nitrogens with one attached hydrogen (secondary N) is 1. The Morgan fingerprint density at radius 2 is 2.44 bits per heavy atom. The van der Waals surface area contributed by atoms with E-state index in [4.69, 9.17) is 0 Å². The molecule has 0 aliphatic heterocycles.